The average molecular weight is 261 g/mol. The lowest BCUT2D eigenvalue weighted by Crippen LogP contribution is -2.37. The van der Waals surface area contributed by atoms with Crippen LogP contribution in [-0.2, 0) is 4.74 Å². The van der Waals surface area contributed by atoms with Crippen molar-refractivity contribution in [1.82, 2.24) is 0 Å². The normalized spacial score (nSPS) is 15.9. The van der Waals surface area contributed by atoms with E-state index in [-0.39, 0.29) is 16.8 Å². The second-order valence-corrected chi connectivity index (χ2v) is 4.61. The first kappa shape index (κ1) is 12.0. The SMILES string of the molecule is Cc1c(N2CCOCC2)oc2c(O)cccc2c1=O. The predicted molar refractivity (Wildman–Crippen MR) is 71.9 cm³/mol. The van der Waals surface area contributed by atoms with Gasteiger partial charge in [-0.15, -0.1) is 0 Å². The zero-order valence-electron chi connectivity index (χ0n) is 10.7. The molecule has 5 nitrogen and oxygen atoms in total. The molecule has 1 N–H and O–H groups in total. The summed E-state index contributed by atoms with van der Waals surface area (Å²) in [6.07, 6.45) is 0. The highest BCUT2D eigenvalue weighted by Gasteiger charge is 2.20. The fraction of sp³-hybridized carbons (Fsp3) is 0.357. The molecule has 1 aliphatic heterocycles. The van der Waals surface area contributed by atoms with Crippen molar-refractivity contribution in [2.24, 2.45) is 0 Å². The van der Waals surface area contributed by atoms with Crippen LogP contribution in [0.1, 0.15) is 5.56 Å². The van der Waals surface area contributed by atoms with Crippen LogP contribution >= 0.6 is 0 Å². The minimum absolute atomic E-state index is 0.0101. The van der Waals surface area contributed by atoms with Crippen molar-refractivity contribution in [3.63, 3.8) is 0 Å². The van der Waals surface area contributed by atoms with Crippen molar-refractivity contribution in [2.45, 2.75) is 6.92 Å². The van der Waals surface area contributed by atoms with E-state index in [0.717, 1.165) is 0 Å². The Kier molecular flexibility index (Phi) is 2.91. The molecule has 0 unspecified atom stereocenters. The second kappa shape index (κ2) is 4.59. The average Bonchev–Trinajstić information content (AvgIpc) is 2.44. The molecule has 0 aliphatic carbocycles. The highest BCUT2D eigenvalue weighted by molar-refractivity contribution is 5.84. The van der Waals surface area contributed by atoms with Crippen molar-refractivity contribution >= 4 is 16.9 Å². The van der Waals surface area contributed by atoms with Gasteiger partial charge in [0.15, 0.2) is 16.8 Å². The topological polar surface area (TPSA) is 62.9 Å². The van der Waals surface area contributed by atoms with E-state index in [1.54, 1.807) is 19.1 Å². The van der Waals surface area contributed by atoms with Crippen molar-refractivity contribution in [1.29, 1.82) is 0 Å². The highest BCUT2D eigenvalue weighted by atomic mass is 16.5. The summed E-state index contributed by atoms with van der Waals surface area (Å²) in [4.78, 5) is 14.3. The summed E-state index contributed by atoms with van der Waals surface area (Å²) in [5.74, 6) is 0.520. The summed E-state index contributed by atoms with van der Waals surface area (Å²) in [6, 6.07) is 4.82. The Morgan fingerprint density at radius 3 is 2.74 bits per heavy atom. The van der Waals surface area contributed by atoms with Crippen LogP contribution in [0.5, 0.6) is 5.75 Å². The lowest BCUT2D eigenvalue weighted by atomic mass is 10.1. The Labute approximate surface area is 110 Å². The summed E-state index contributed by atoms with van der Waals surface area (Å²) in [5.41, 5.74) is 0.721. The number of nitrogens with zero attached hydrogens (tertiary/aromatic N) is 1. The fourth-order valence-corrected chi connectivity index (χ4v) is 2.35. The fourth-order valence-electron chi connectivity index (χ4n) is 2.35. The maximum absolute atomic E-state index is 12.3. The number of aromatic hydroxyl groups is 1. The first-order chi connectivity index (χ1) is 9.18. The quantitative estimate of drug-likeness (QED) is 0.845. The van der Waals surface area contributed by atoms with Crippen molar-refractivity contribution in [3.05, 3.63) is 34.0 Å². The number of rotatable bonds is 1. The molecule has 1 aliphatic rings. The maximum Gasteiger partial charge on any atom is 0.203 e. The molecular formula is C14H15NO4. The number of phenolic OH excluding ortho intramolecular Hbond substituents is 1. The van der Waals surface area contributed by atoms with E-state index < -0.39 is 0 Å². The summed E-state index contributed by atoms with van der Waals surface area (Å²) < 4.78 is 11.1. The van der Waals surface area contributed by atoms with Crippen LogP contribution in [0.4, 0.5) is 5.88 Å². The molecule has 19 heavy (non-hydrogen) atoms. The van der Waals surface area contributed by atoms with Gasteiger partial charge in [-0.05, 0) is 19.1 Å². The van der Waals surface area contributed by atoms with Gasteiger partial charge in [-0.25, -0.2) is 0 Å². The first-order valence-corrected chi connectivity index (χ1v) is 6.26. The first-order valence-electron chi connectivity index (χ1n) is 6.26. The van der Waals surface area contributed by atoms with Gasteiger partial charge in [-0.3, -0.25) is 4.79 Å². The van der Waals surface area contributed by atoms with Gasteiger partial charge in [0.2, 0.25) is 5.88 Å². The van der Waals surface area contributed by atoms with Gasteiger partial charge in [-0.2, -0.15) is 0 Å². The molecule has 0 spiro atoms. The number of benzene rings is 1. The Bertz CT molecular complexity index is 671. The number of hydrogen-bond acceptors (Lipinski definition) is 5. The van der Waals surface area contributed by atoms with Crippen molar-refractivity contribution < 1.29 is 14.3 Å². The molecule has 5 heteroatoms. The molecule has 1 aromatic carbocycles. The molecule has 100 valence electrons. The summed E-state index contributed by atoms with van der Waals surface area (Å²) in [7, 11) is 0. The molecule has 0 bridgehead atoms. The van der Waals surface area contributed by atoms with Crippen LogP contribution in [0.15, 0.2) is 27.4 Å². The molecule has 3 rings (SSSR count). The number of para-hydroxylation sites is 1. The molecule has 2 aromatic rings. The van der Waals surface area contributed by atoms with Gasteiger partial charge < -0.3 is 19.2 Å². The predicted octanol–water partition coefficient (Wildman–Crippen LogP) is 1.64. The minimum Gasteiger partial charge on any atom is -0.504 e. The van der Waals surface area contributed by atoms with Gasteiger partial charge in [0, 0.05) is 13.1 Å². The number of anilines is 1. The summed E-state index contributed by atoms with van der Waals surface area (Å²) in [6.45, 7) is 4.34. The summed E-state index contributed by atoms with van der Waals surface area (Å²) >= 11 is 0. The van der Waals surface area contributed by atoms with Crippen molar-refractivity contribution in [2.75, 3.05) is 31.2 Å². The molecule has 0 amide bonds. The standard InChI is InChI=1S/C14H15NO4/c1-9-12(17)10-3-2-4-11(16)13(10)19-14(9)15-5-7-18-8-6-15/h2-4,16H,5-8H2,1H3. The van der Waals surface area contributed by atoms with Gasteiger partial charge in [0.25, 0.3) is 0 Å². The van der Waals surface area contributed by atoms with E-state index >= 15 is 0 Å². The van der Waals surface area contributed by atoms with Gasteiger partial charge in [0.1, 0.15) is 0 Å². The summed E-state index contributed by atoms with van der Waals surface area (Å²) in [5, 5.41) is 10.2. The smallest absolute Gasteiger partial charge is 0.203 e. The lowest BCUT2D eigenvalue weighted by molar-refractivity contribution is 0.120. The van der Waals surface area contributed by atoms with Crippen LogP contribution in [0.25, 0.3) is 11.0 Å². The van der Waals surface area contributed by atoms with E-state index in [9.17, 15) is 9.90 Å². The third-order valence-electron chi connectivity index (χ3n) is 3.40. The minimum atomic E-state index is -0.0985. The second-order valence-electron chi connectivity index (χ2n) is 4.61. The Morgan fingerprint density at radius 1 is 1.26 bits per heavy atom. The van der Waals surface area contributed by atoms with E-state index in [1.807, 2.05) is 4.90 Å². The number of hydrogen-bond donors (Lipinski definition) is 1. The van der Waals surface area contributed by atoms with E-state index in [1.165, 1.54) is 6.07 Å². The Morgan fingerprint density at radius 2 is 2.00 bits per heavy atom. The van der Waals surface area contributed by atoms with Gasteiger partial charge in [0.05, 0.1) is 24.2 Å². The van der Waals surface area contributed by atoms with Crippen LogP contribution < -0.4 is 10.3 Å². The number of morpholine rings is 1. The van der Waals surface area contributed by atoms with E-state index in [0.29, 0.717) is 43.1 Å². The molecule has 0 radical (unpaired) electrons. The number of phenols is 1. The number of ether oxygens (including phenoxy) is 1. The molecular weight excluding hydrogens is 246 g/mol. The lowest BCUT2D eigenvalue weighted by Gasteiger charge is -2.28. The van der Waals surface area contributed by atoms with Crippen LogP contribution in [-0.4, -0.2) is 31.4 Å². The monoisotopic (exact) mass is 261 g/mol. The number of fused-ring (bicyclic) bond motifs is 1. The largest absolute Gasteiger partial charge is 0.504 e. The third-order valence-corrected chi connectivity index (χ3v) is 3.40. The molecule has 0 atom stereocenters. The molecule has 0 saturated carbocycles. The highest BCUT2D eigenvalue weighted by Crippen LogP contribution is 2.28. The molecule has 1 aromatic heterocycles. The van der Waals surface area contributed by atoms with Crippen LogP contribution in [0, 0.1) is 6.92 Å². The third kappa shape index (κ3) is 1.96. The zero-order chi connectivity index (χ0) is 13.4. The van der Waals surface area contributed by atoms with Gasteiger partial charge >= 0.3 is 0 Å². The molecule has 2 heterocycles. The Hall–Kier alpha value is -2.01. The Balaban J connectivity index is 2.22. The zero-order valence-corrected chi connectivity index (χ0v) is 10.7. The molecule has 1 fully saturated rings. The van der Waals surface area contributed by atoms with E-state index in [2.05, 4.69) is 0 Å². The van der Waals surface area contributed by atoms with Crippen molar-refractivity contribution in [3.8, 4) is 5.75 Å². The van der Waals surface area contributed by atoms with Gasteiger partial charge in [-0.1, -0.05) is 6.07 Å². The van der Waals surface area contributed by atoms with Crippen LogP contribution in [0.3, 0.4) is 0 Å². The van der Waals surface area contributed by atoms with E-state index in [4.69, 9.17) is 9.15 Å². The van der Waals surface area contributed by atoms with Crippen LogP contribution in [0.2, 0.25) is 0 Å². The maximum atomic E-state index is 12.3. The molecule has 1 saturated heterocycles.